The van der Waals surface area contributed by atoms with Crippen LogP contribution < -0.4 is 4.18 Å². The van der Waals surface area contributed by atoms with Crippen LogP contribution in [0.15, 0.2) is 30.3 Å². The molecular formula is C9H13ClO3S. The summed E-state index contributed by atoms with van der Waals surface area (Å²) in [7, 11) is -3.45. The molecule has 5 heteroatoms. The summed E-state index contributed by atoms with van der Waals surface area (Å²) in [6.45, 7) is 3.16. The van der Waals surface area contributed by atoms with Crippen LogP contribution in [-0.2, 0) is 10.1 Å². The van der Waals surface area contributed by atoms with Gasteiger partial charge in [0.05, 0.1) is 5.25 Å². The number of benzene rings is 1. The van der Waals surface area contributed by atoms with Crippen molar-refractivity contribution in [1.29, 1.82) is 0 Å². The molecule has 80 valence electrons. The molecule has 14 heavy (non-hydrogen) atoms. The van der Waals surface area contributed by atoms with Crippen LogP contribution in [0, 0.1) is 0 Å². The predicted molar refractivity (Wildman–Crippen MR) is 58.4 cm³/mol. The van der Waals surface area contributed by atoms with Gasteiger partial charge in [0, 0.05) is 0 Å². The van der Waals surface area contributed by atoms with Crippen LogP contribution in [0.25, 0.3) is 0 Å². The highest BCUT2D eigenvalue weighted by Crippen LogP contribution is 2.13. The molecule has 0 atom stereocenters. The lowest BCUT2D eigenvalue weighted by molar-refractivity contribution is 0.477. The summed E-state index contributed by atoms with van der Waals surface area (Å²) < 4.78 is 27.4. The quantitative estimate of drug-likeness (QED) is 0.756. The van der Waals surface area contributed by atoms with Gasteiger partial charge in [-0.2, -0.15) is 8.42 Å². The average molecular weight is 237 g/mol. The first kappa shape index (κ1) is 13.3. The molecule has 0 radical (unpaired) electrons. The lowest BCUT2D eigenvalue weighted by Gasteiger charge is -2.08. The van der Waals surface area contributed by atoms with Gasteiger partial charge in [0.1, 0.15) is 5.75 Å². The lowest BCUT2D eigenvalue weighted by Crippen LogP contribution is -2.19. The molecule has 0 saturated carbocycles. The van der Waals surface area contributed by atoms with E-state index in [-0.39, 0.29) is 12.4 Å². The van der Waals surface area contributed by atoms with Gasteiger partial charge >= 0.3 is 10.1 Å². The molecule has 0 bridgehead atoms. The molecule has 0 saturated heterocycles. The highest BCUT2D eigenvalue weighted by molar-refractivity contribution is 7.87. The van der Waals surface area contributed by atoms with Gasteiger partial charge in [0.15, 0.2) is 0 Å². The predicted octanol–water partition coefficient (Wildman–Crippen LogP) is 2.23. The van der Waals surface area contributed by atoms with Crippen molar-refractivity contribution in [3.8, 4) is 5.75 Å². The third-order valence-electron chi connectivity index (χ3n) is 1.53. The number of para-hydroxylation sites is 1. The van der Waals surface area contributed by atoms with Crippen LogP contribution in [0.5, 0.6) is 5.75 Å². The van der Waals surface area contributed by atoms with Gasteiger partial charge in [-0.1, -0.05) is 18.2 Å². The molecule has 3 nitrogen and oxygen atoms in total. The minimum absolute atomic E-state index is 0. The lowest BCUT2D eigenvalue weighted by atomic mass is 10.3. The van der Waals surface area contributed by atoms with Crippen molar-refractivity contribution in [2.24, 2.45) is 0 Å². The van der Waals surface area contributed by atoms with Gasteiger partial charge in [0.25, 0.3) is 0 Å². The molecule has 0 unspecified atom stereocenters. The zero-order valence-electron chi connectivity index (χ0n) is 8.01. The Morgan fingerprint density at radius 2 is 1.64 bits per heavy atom. The molecule has 0 heterocycles. The highest BCUT2D eigenvalue weighted by Gasteiger charge is 2.17. The molecule has 0 aromatic heterocycles. The van der Waals surface area contributed by atoms with Crippen LogP contribution in [0.4, 0.5) is 0 Å². The van der Waals surface area contributed by atoms with E-state index in [2.05, 4.69) is 0 Å². The van der Waals surface area contributed by atoms with Gasteiger partial charge in [-0.15, -0.1) is 12.4 Å². The highest BCUT2D eigenvalue weighted by atomic mass is 35.5. The first-order chi connectivity index (χ1) is 6.02. The summed E-state index contributed by atoms with van der Waals surface area (Å²) >= 11 is 0. The monoisotopic (exact) mass is 236 g/mol. The Kier molecular flexibility index (Phi) is 4.94. The Morgan fingerprint density at radius 3 is 2.07 bits per heavy atom. The Labute approximate surface area is 90.6 Å². The summed E-state index contributed by atoms with van der Waals surface area (Å²) in [5, 5.41) is -0.521. The standard InChI is InChI=1S/C9H12O3S.ClH/c1-8(2)13(10,11)12-9-6-4-3-5-7-9;/h3-8H,1-2H3;1H. The second-order valence-electron chi connectivity index (χ2n) is 2.94. The van der Waals surface area contributed by atoms with E-state index in [9.17, 15) is 8.42 Å². The van der Waals surface area contributed by atoms with Crippen molar-refractivity contribution < 1.29 is 12.6 Å². The average Bonchev–Trinajstić information content (AvgIpc) is 2.05. The summed E-state index contributed by atoms with van der Waals surface area (Å²) in [5.74, 6) is 0.358. The first-order valence-corrected chi connectivity index (χ1v) is 5.48. The Hall–Kier alpha value is -0.740. The summed E-state index contributed by atoms with van der Waals surface area (Å²) in [6.07, 6.45) is 0. The van der Waals surface area contributed by atoms with Crippen molar-refractivity contribution in [2.75, 3.05) is 0 Å². The van der Waals surface area contributed by atoms with Gasteiger partial charge in [-0.3, -0.25) is 0 Å². The maximum atomic E-state index is 11.3. The number of rotatable bonds is 3. The maximum Gasteiger partial charge on any atom is 0.311 e. The van der Waals surface area contributed by atoms with Gasteiger partial charge in [0.2, 0.25) is 0 Å². The third-order valence-corrected chi connectivity index (χ3v) is 3.11. The smallest absolute Gasteiger partial charge is 0.311 e. The van der Waals surface area contributed by atoms with Crippen LogP contribution >= 0.6 is 12.4 Å². The van der Waals surface area contributed by atoms with Crippen molar-refractivity contribution in [2.45, 2.75) is 19.1 Å². The van der Waals surface area contributed by atoms with Crippen LogP contribution in [0.1, 0.15) is 13.8 Å². The van der Waals surface area contributed by atoms with Crippen LogP contribution in [0.3, 0.4) is 0 Å². The fourth-order valence-corrected chi connectivity index (χ4v) is 1.28. The minimum Gasteiger partial charge on any atom is -0.382 e. The normalized spacial score (nSPS) is 10.8. The first-order valence-electron chi connectivity index (χ1n) is 4.01. The fraction of sp³-hybridized carbons (Fsp3) is 0.333. The topological polar surface area (TPSA) is 43.4 Å². The third kappa shape index (κ3) is 3.55. The van der Waals surface area contributed by atoms with E-state index in [0.29, 0.717) is 5.75 Å². The number of hydrogen-bond donors (Lipinski definition) is 0. The second kappa shape index (κ2) is 5.22. The molecule has 0 aliphatic carbocycles. The largest absolute Gasteiger partial charge is 0.382 e. The minimum atomic E-state index is -3.45. The van der Waals surface area contributed by atoms with E-state index < -0.39 is 15.4 Å². The van der Waals surface area contributed by atoms with E-state index in [0.717, 1.165) is 0 Å². The van der Waals surface area contributed by atoms with Crippen molar-refractivity contribution in [3.05, 3.63) is 30.3 Å². The van der Waals surface area contributed by atoms with Crippen LogP contribution in [-0.4, -0.2) is 13.7 Å². The molecule has 0 aliphatic rings. The van der Waals surface area contributed by atoms with E-state index in [1.54, 1.807) is 44.2 Å². The van der Waals surface area contributed by atoms with E-state index >= 15 is 0 Å². The van der Waals surface area contributed by atoms with Crippen molar-refractivity contribution >= 4 is 22.5 Å². The maximum absolute atomic E-state index is 11.3. The summed E-state index contributed by atoms with van der Waals surface area (Å²) in [5.41, 5.74) is 0. The van der Waals surface area contributed by atoms with E-state index in [1.165, 1.54) is 0 Å². The molecule has 1 aromatic rings. The molecule has 0 fully saturated rings. The van der Waals surface area contributed by atoms with Crippen molar-refractivity contribution in [3.63, 3.8) is 0 Å². The SMILES string of the molecule is CC(C)S(=O)(=O)Oc1ccccc1.Cl. The zero-order valence-corrected chi connectivity index (χ0v) is 9.64. The molecule has 1 aromatic carbocycles. The Morgan fingerprint density at radius 1 is 1.14 bits per heavy atom. The molecule has 1 rings (SSSR count). The number of halogens is 1. The Balaban J connectivity index is 0.00000169. The zero-order chi connectivity index (χ0) is 9.90. The van der Waals surface area contributed by atoms with Crippen LogP contribution in [0.2, 0.25) is 0 Å². The van der Waals surface area contributed by atoms with Gasteiger partial charge in [-0.05, 0) is 26.0 Å². The van der Waals surface area contributed by atoms with E-state index in [4.69, 9.17) is 4.18 Å². The number of hydrogen-bond acceptors (Lipinski definition) is 3. The summed E-state index contributed by atoms with van der Waals surface area (Å²) in [4.78, 5) is 0. The Bertz CT molecular complexity index is 359. The molecule has 0 aliphatic heterocycles. The fourth-order valence-electron chi connectivity index (χ4n) is 0.706. The van der Waals surface area contributed by atoms with E-state index in [1.807, 2.05) is 0 Å². The second-order valence-corrected chi connectivity index (χ2v) is 5.03. The molecule has 0 amide bonds. The molecular weight excluding hydrogens is 224 g/mol. The van der Waals surface area contributed by atoms with Crippen molar-refractivity contribution in [1.82, 2.24) is 0 Å². The molecule has 0 spiro atoms. The molecule has 0 N–H and O–H groups in total. The summed E-state index contributed by atoms with van der Waals surface area (Å²) in [6, 6.07) is 8.48. The van der Waals surface area contributed by atoms with Gasteiger partial charge in [-0.25, -0.2) is 0 Å². The van der Waals surface area contributed by atoms with Gasteiger partial charge < -0.3 is 4.18 Å².